The van der Waals surface area contributed by atoms with Crippen molar-refractivity contribution < 1.29 is 0 Å². The maximum absolute atomic E-state index is 5.88. The van der Waals surface area contributed by atoms with Gasteiger partial charge in [-0.05, 0) is 38.1 Å². The molecule has 0 aliphatic carbocycles. The number of aryl methyl sites for hydroxylation is 2. The summed E-state index contributed by atoms with van der Waals surface area (Å²) < 4.78 is 0. The Morgan fingerprint density at radius 1 is 1.21 bits per heavy atom. The monoisotopic (exact) mass is 275 g/mol. The fourth-order valence-electron chi connectivity index (χ4n) is 1.61. The van der Waals surface area contributed by atoms with Crippen molar-refractivity contribution in [1.29, 1.82) is 0 Å². The third-order valence-corrected chi connectivity index (χ3v) is 2.52. The molecule has 1 aromatic carbocycles. The highest BCUT2D eigenvalue weighted by Gasteiger charge is 2.00. The van der Waals surface area contributed by atoms with E-state index in [1.165, 1.54) is 0 Å². The molecule has 0 aliphatic heterocycles. The van der Waals surface area contributed by atoms with Gasteiger partial charge in [0, 0.05) is 22.1 Å². The predicted molar refractivity (Wildman–Crippen MR) is 77.9 cm³/mol. The number of guanidine groups is 1. The third-order valence-electron chi connectivity index (χ3n) is 2.29. The van der Waals surface area contributed by atoms with Crippen LogP contribution in [0, 0.1) is 13.8 Å². The predicted octanol–water partition coefficient (Wildman–Crippen LogP) is 2.81. The molecule has 1 aromatic heterocycles. The summed E-state index contributed by atoms with van der Waals surface area (Å²) in [7, 11) is 0. The van der Waals surface area contributed by atoms with Gasteiger partial charge in [-0.25, -0.2) is 9.97 Å². The van der Waals surface area contributed by atoms with Crippen LogP contribution in [-0.4, -0.2) is 15.9 Å². The van der Waals surface area contributed by atoms with Crippen molar-refractivity contribution in [1.82, 2.24) is 9.97 Å². The molecule has 5 nitrogen and oxygen atoms in total. The van der Waals surface area contributed by atoms with E-state index in [9.17, 15) is 0 Å². The molecule has 2 rings (SSSR count). The van der Waals surface area contributed by atoms with Crippen molar-refractivity contribution in [3.8, 4) is 0 Å². The number of aliphatic imine (C=N–C) groups is 1. The first-order valence-corrected chi connectivity index (χ1v) is 6.10. The Bertz CT molecular complexity index is 604. The molecule has 3 N–H and O–H groups in total. The van der Waals surface area contributed by atoms with Gasteiger partial charge in [0.25, 0.3) is 5.95 Å². The van der Waals surface area contributed by atoms with Crippen molar-refractivity contribution in [3.05, 3.63) is 46.7 Å². The third kappa shape index (κ3) is 3.93. The van der Waals surface area contributed by atoms with Gasteiger partial charge in [0.15, 0.2) is 0 Å². The van der Waals surface area contributed by atoms with Gasteiger partial charge in [-0.2, -0.15) is 4.99 Å². The van der Waals surface area contributed by atoms with E-state index in [1.807, 2.05) is 32.0 Å². The minimum absolute atomic E-state index is 0.215. The summed E-state index contributed by atoms with van der Waals surface area (Å²) in [5, 5.41) is 3.56. The summed E-state index contributed by atoms with van der Waals surface area (Å²) in [6.07, 6.45) is 0. The second-order valence-electron chi connectivity index (χ2n) is 4.08. The maximum atomic E-state index is 5.88. The molecule has 19 heavy (non-hydrogen) atoms. The molecule has 0 radical (unpaired) electrons. The summed E-state index contributed by atoms with van der Waals surface area (Å²) in [4.78, 5) is 12.5. The Labute approximate surface area is 116 Å². The van der Waals surface area contributed by atoms with Crippen molar-refractivity contribution in [2.24, 2.45) is 10.7 Å². The topological polar surface area (TPSA) is 76.2 Å². The summed E-state index contributed by atoms with van der Waals surface area (Å²) >= 11 is 5.88. The molecule has 0 aliphatic rings. The Kier molecular flexibility index (Phi) is 3.97. The fourth-order valence-corrected chi connectivity index (χ4v) is 1.80. The number of nitrogens with zero attached hydrogens (tertiary/aromatic N) is 3. The average Bonchev–Trinajstić information content (AvgIpc) is 2.26. The number of halogens is 1. The van der Waals surface area contributed by atoms with Crippen LogP contribution in [0.5, 0.6) is 0 Å². The molecule has 6 heteroatoms. The van der Waals surface area contributed by atoms with Crippen LogP contribution in [0.3, 0.4) is 0 Å². The molecule has 0 saturated carbocycles. The summed E-state index contributed by atoms with van der Waals surface area (Å²) in [6.45, 7) is 3.77. The number of hydrogen-bond acceptors (Lipinski definition) is 3. The van der Waals surface area contributed by atoms with Crippen LogP contribution >= 0.6 is 11.6 Å². The number of nitrogens with two attached hydrogens (primary N) is 1. The first kappa shape index (κ1) is 13.3. The molecule has 0 unspecified atom stereocenters. The van der Waals surface area contributed by atoms with Gasteiger partial charge < -0.3 is 11.1 Å². The summed E-state index contributed by atoms with van der Waals surface area (Å²) in [5.41, 5.74) is 8.26. The van der Waals surface area contributed by atoms with Gasteiger partial charge in [-0.1, -0.05) is 17.7 Å². The van der Waals surface area contributed by atoms with Crippen molar-refractivity contribution >= 4 is 29.2 Å². The summed E-state index contributed by atoms with van der Waals surface area (Å²) in [5.74, 6) is 0.553. The zero-order chi connectivity index (χ0) is 13.8. The van der Waals surface area contributed by atoms with Gasteiger partial charge >= 0.3 is 0 Å². The first-order chi connectivity index (χ1) is 9.02. The van der Waals surface area contributed by atoms with Crippen LogP contribution in [0.15, 0.2) is 35.3 Å². The fraction of sp³-hybridized carbons (Fsp3) is 0.154. The Morgan fingerprint density at radius 3 is 2.53 bits per heavy atom. The first-order valence-electron chi connectivity index (χ1n) is 5.72. The Hall–Kier alpha value is -2.14. The quantitative estimate of drug-likeness (QED) is 0.653. The van der Waals surface area contributed by atoms with Crippen LogP contribution in [-0.2, 0) is 0 Å². The molecule has 0 amide bonds. The highest BCUT2D eigenvalue weighted by Crippen LogP contribution is 2.15. The van der Waals surface area contributed by atoms with Gasteiger partial charge in [-0.3, -0.25) is 0 Å². The molecular weight excluding hydrogens is 262 g/mol. The zero-order valence-corrected chi connectivity index (χ0v) is 11.4. The highest BCUT2D eigenvalue weighted by molar-refractivity contribution is 6.30. The van der Waals surface area contributed by atoms with E-state index < -0.39 is 0 Å². The standard InChI is InChI=1S/C13H14ClN5/c1-8-6-9(2)17-13(16-8)19-12(15)18-11-5-3-4-10(14)7-11/h3-7H,1-2H3,(H3,15,16,17,18,19). The van der Waals surface area contributed by atoms with E-state index in [4.69, 9.17) is 17.3 Å². The van der Waals surface area contributed by atoms with Crippen molar-refractivity contribution in [3.63, 3.8) is 0 Å². The SMILES string of the molecule is Cc1cc(C)nc(/N=C(\N)Nc2cccc(Cl)c2)n1. The second-order valence-corrected chi connectivity index (χ2v) is 4.52. The number of aromatic nitrogens is 2. The van der Waals surface area contributed by atoms with E-state index in [1.54, 1.807) is 12.1 Å². The number of rotatable bonds is 2. The summed E-state index contributed by atoms with van der Waals surface area (Å²) in [6, 6.07) is 9.08. The maximum Gasteiger partial charge on any atom is 0.253 e. The molecule has 0 fully saturated rings. The average molecular weight is 276 g/mol. The van der Waals surface area contributed by atoms with Crippen molar-refractivity contribution in [2.45, 2.75) is 13.8 Å². The molecule has 0 bridgehead atoms. The molecule has 0 spiro atoms. The van der Waals surface area contributed by atoms with Crippen LogP contribution in [0.1, 0.15) is 11.4 Å². The van der Waals surface area contributed by atoms with Crippen molar-refractivity contribution in [2.75, 3.05) is 5.32 Å². The molecule has 1 heterocycles. The van der Waals surface area contributed by atoms with Gasteiger partial charge in [0.2, 0.25) is 5.96 Å². The van der Waals surface area contributed by atoms with E-state index in [0.29, 0.717) is 11.0 Å². The number of anilines is 1. The number of nitrogens with one attached hydrogen (secondary N) is 1. The Morgan fingerprint density at radius 2 is 1.89 bits per heavy atom. The lowest BCUT2D eigenvalue weighted by atomic mass is 10.3. The largest absolute Gasteiger partial charge is 0.369 e. The molecule has 0 atom stereocenters. The lowest BCUT2D eigenvalue weighted by Gasteiger charge is -2.05. The van der Waals surface area contributed by atoms with Gasteiger partial charge in [-0.15, -0.1) is 0 Å². The minimum atomic E-state index is 0.215. The lowest BCUT2D eigenvalue weighted by molar-refractivity contribution is 1.04. The van der Waals surface area contributed by atoms with Crippen LogP contribution in [0.2, 0.25) is 5.02 Å². The van der Waals surface area contributed by atoms with Crippen LogP contribution < -0.4 is 11.1 Å². The molecule has 2 aromatic rings. The smallest absolute Gasteiger partial charge is 0.253 e. The molecule has 98 valence electrons. The lowest BCUT2D eigenvalue weighted by Crippen LogP contribution is -2.22. The minimum Gasteiger partial charge on any atom is -0.369 e. The highest BCUT2D eigenvalue weighted by atomic mass is 35.5. The van der Waals surface area contributed by atoms with E-state index >= 15 is 0 Å². The van der Waals surface area contributed by atoms with E-state index in [0.717, 1.165) is 17.1 Å². The van der Waals surface area contributed by atoms with E-state index in [2.05, 4.69) is 20.3 Å². The van der Waals surface area contributed by atoms with Gasteiger partial charge in [0.05, 0.1) is 0 Å². The molecule has 0 saturated heterocycles. The normalized spacial score (nSPS) is 11.4. The van der Waals surface area contributed by atoms with E-state index in [-0.39, 0.29) is 5.96 Å². The van der Waals surface area contributed by atoms with Gasteiger partial charge in [0.1, 0.15) is 0 Å². The molecular formula is C13H14ClN5. The van der Waals surface area contributed by atoms with Crippen LogP contribution in [0.4, 0.5) is 11.6 Å². The second kappa shape index (κ2) is 5.67. The number of hydrogen-bond donors (Lipinski definition) is 2. The zero-order valence-electron chi connectivity index (χ0n) is 10.7. The van der Waals surface area contributed by atoms with Crippen LogP contribution in [0.25, 0.3) is 0 Å². The number of benzene rings is 1. The Balaban J connectivity index is 2.19.